The predicted molar refractivity (Wildman–Crippen MR) is 81.2 cm³/mol. The van der Waals surface area contributed by atoms with Gasteiger partial charge in [0.15, 0.2) is 0 Å². The van der Waals surface area contributed by atoms with E-state index >= 15 is 0 Å². The van der Waals surface area contributed by atoms with Gasteiger partial charge in [-0.2, -0.15) is 0 Å². The third-order valence-corrected chi connectivity index (χ3v) is 3.35. The molecule has 1 aromatic heterocycles. The van der Waals surface area contributed by atoms with Crippen molar-refractivity contribution in [2.75, 3.05) is 19.0 Å². The van der Waals surface area contributed by atoms with Gasteiger partial charge in [0.1, 0.15) is 5.82 Å². The van der Waals surface area contributed by atoms with Gasteiger partial charge in [0.05, 0.1) is 5.56 Å². The van der Waals surface area contributed by atoms with Crippen LogP contribution in [-0.2, 0) is 6.54 Å². The molecular weight excluding hydrogens is 274 g/mol. The number of carbonyl (C=O) groups excluding carboxylic acids is 1. The maximum atomic E-state index is 11.9. The molecule has 0 aliphatic heterocycles. The fourth-order valence-electron chi connectivity index (χ4n) is 1.97. The highest BCUT2D eigenvalue weighted by Crippen LogP contribution is 2.21. The minimum absolute atomic E-state index is 0.154. The van der Waals surface area contributed by atoms with Crippen molar-refractivity contribution in [3.63, 3.8) is 0 Å². The molecule has 2 aromatic rings. The molecule has 0 radical (unpaired) electrons. The molecule has 104 valence electrons. The van der Waals surface area contributed by atoms with Crippen molar-refractivity contribution in [3.8, 4) is 0 Å². The summed E-state index contributed by atoms with van der Waals surface area (Å²) in [5, 5.41) is 3.33. The molecule has 0 atom stereocenters. The molecule has 0 fully saturated rings. The van der Waals surface area contributed by atoms with Crippen LogP contribution in [0.1, 0.15) is 15.9 Å². The van der Waals surface area contributed by atoms with Gasteiger partial charge in [-0.25, -0.2) is 4.98 Å². The van der Waals surface area contributed by atoms with Crippen LogP contribution >= 0.6 is 11.6 Å². The fraction of sp³-hybridized carbons (Fsp3) is 0.200. The number of hydrogen-bond acceptors (Lipinski definition) is 3. The van der Waals surface area contributed by atoms with E-state index < -0.39 is 0 Å². The molecule has 0 saturated carbocycles. The number of pyridine rings is 1. The quantitative estimate of drug-likeness (QED) is 0.941. The van der Waals surface area contributed by atoms with Crippen molar-refractivity contribution < 1.29 is 4.79 Å². The molecule has 2 rings (SSSR count). The molecule has 1 heterocycles. The Kier molecular flexibility index (Phi) is 4.58. The number of benzene rings is 1. The van der Waals surface area contributed by atoms with Gasteiger partial charge in [-0.05, 0) is 23.8 Å². The van der Waals surface area contributed by atoms with Crippen LogP contribution in [0.25, 0.3) is 0 Å². The lowest BCUT2D eigenvalue weighted by Crippen LogP contribution is -2.25. The average Bonchev–Trinajstić information content (AvgIpc) is 2.48. The van der Waals surface area contributed by atoms with Gasteiger partial charge in [-0.1, -0.05) is 29.8 Å². The number of anilines is 1. The summed E-state index contributed by atoms with van der Waals surface area (Å²) in [7, 11) is 3.49. The first-order valence-electron chi connectivity index (χ1n) is 6.25. The van der Waals surface area contributed by atoms with Crippen LogP contribution in [0, 0.1) is 0 Å². The molecule has 0 unspecified atom stereocenters. The second-order valence-corrected chi connectivity index (χ2v) is 4.81. The molecule has 4 nitrogen and oxygen atoms in total. The van der Waals surface area contributed by atoms with Crippen LogP contribution in [0.5, 0.6) is 0 Å². The van der Waals surface area contributed by atoms with Crippen molar-refractivity contribution in [1.29, 1.82) is 0 Å². The van der Waals surface area contributed by atoms with Gasteiger partial charge < -0.3 is 10.2 Å². The van der Waals surface area contributed by atoms with Gasteiger partial charge in [0.25, 0.3) is 5.91 Å². The number of carbonyl (C=O) groups is 1. The summed E-state index contributed by atoms with van der Waals surface area (Å²) in [6, 6.07) is 11.1. The Hall–Kier alpha value is -2.07. The summed E-state index contributed by atoms with van der Waals surface area (Å²) < 4.78 is 0. The number of hydrogen-bond donors (Lipinski definition) is 1. The zero-order valence-electron chi connectivity index (χ0n) is 11.4. The third-order valence-electron chi connectivity index (χ3n) is 2.99. The van der Waals surface area contributed by atoms with E-state index in [0.717, 1.165) is 5.56 Å². The van der Waals surface area contributed by atoms with Crippen LogP contribution < -0.4 is 10.2 Å². The van der Waals surface area contributed by atoms with Gasteiger partial charge >= 0.3 is 0 Å². The van der Waals surface area contributed by atoms with Crippen LogP contribution in [0.15, 0.2) is 42.6 Å². The lowest BCUT2D eigenvalue weighted by Gasteiger charge is -2.21. The van der Waals surface area contributed by atoms with Gasteiger partial charge in [0, 0.05) is 31.9 Å². The first-order chi connectivity index (χ1) is 9.63. The smallest absolute Gasteiger partial charge is 0.254 e. The monoisotopic (exact) mass is 289 g/mol. The Morgan fingerprint density at radius 1 is 1.30 bits per heavy atom. The molecule has 1 aromatic carbocycles. The number of rotatable bonds is 4. The van der Waals surface area contributed by atoms with E-state index in [1.165, 1.54) is 0 Å². The maximum absolute atomic E-state index is 11.9. The molecule has 5 heteroatoms. The number of halogens is 1. The highest BCUT2D eigenvalue weighted by Gasteiger charge is 2.15. The molecule has 0 bridgehead atoms. The van der Waals surface area contributed by atoms with Crippen molar-refractivity contribution >= 4 is 23.3 Å². The first-order valence-corrected chi connectivity index (χ1v) is 6.63. The summed E-state index contributed by atoms with van der Waals surface area (Å²) in [6.45, 7) is 0.584. The number of nitrogens with one attached hydrogen (secondary N) is 1. The van der Waals surface area contributed by atoms with Gasteiger partial charge in [-0.3, -0.25) is 4.79 Å². The van der Waals surface area contributed by atoms with Crippen molar-refractivity contribution in [1.82, 2.24) is 10.3 Å². The lowest BCUT2D eigenvalue weighted by atomic mass is 10.2. The molecule has 0 aliphatic carbocycles. The van der Waals surface area contributed by atoms with E-state index in [1.807, 2.05) is 36.2 Å². The maximum Gasteiger partial charge on any atom is 0.254 e. The zero-order valence-corrected chi connectivity index (χ0v) is 12.2. The molecule has 0 aliphatic rings. The minimum Gasteiger partial charge on any atom is -0.355 e. The fourth-order valence-corrected chi connectivity index (χ4v) is 2.17. The zero-order chi connectivity index (χ0) is 14.5. The Balaban J connectivity index is 2.28. The Morgan fingerprint density at radius 2 is 2.05 bits per heavy atom. The van der Waals surface area contributed by atoms with Crippen molar-refractivity contribution in [3.05, 3.63) is 58.7 Å². The van der Waals surface area contributed by atoms with Crippen molar-refractivity contribution in [2.45, 2.75) is 6.54 Å². The lowest BCUT2D eigenvalue weighted by molar-refractivity contribution is 0.0963. The second-order valence-electron chi connectivity index (χ2n) is 4.40. The molecule has 20 heavy (non-hydrogen) atoms. The summed E-state index contributed by atoms with van der Waals surface area (Å²) in [6.07, 6.45) is 1.67. The van der Waals surface area contributed by atoms with Crippen LogP contribution in [0.2, 0.25) is 5.02 Å². The number of nitrogens with zero attached hydrogens (tertiary/aromatic N) is 2. The van der Waals surface area contributed by atoms with E-state index in [0.29, 0.717) is 22.9 Å². The standard InChI is InChI=1S/C15H16ClN3O/c1-17-15(20)12-7-5-9-18-14(12)19(2)10-11-6-3-4-8-13(11)16/h3-9H,10H2,1-2H3,(H,17,20). The molecular formula is C15H16ClN3O. The highest BCUT2D eigenvalue weighted by atomic mass is 35.5. The Morgan fingerprint density at radius 3 is 2.75 bits per heavy atom. The first kappa shape index (κ1) is 14.3. The average molecular weight is 290 g/mol. The molecule has 0 spiro atoms. The third kappa shape index (κ3) is 3.08. The van der Waals surface area contributed by atoms with Gasteiger partial charge in [0.2, 0.25) is 0 Å². The summed E-state index contributed by atoms with van der Waals surface area (Å²) in [5.41, 5.74) is 1.54. The largest absolute Gasteiger partial charge is 0.355 e. The summed E-state index contributed by atoms with van der Waals surface area (Å²) in [5.74, 6) is 0.478. The van der Waals surface area contributed by atoms with E-state index in [2.05, 4.69) is 10.3 Å². The van der Waals surface area contributed by atoms with E-state index in [1.54, 1.807) is 25.4 Å². The van der Waals surface area contributed by atoms with Crippen LogP contribution in [0.4, 0.5) is 5.82 Å². The molecule has 0 saturated heterocycles. The van der Waals surface area contributed by atoms with Crippen LogP contribution in [0.3, 0.4) is 0 Å². The number of aromatic nitrogens is 1. The van der Waals surface area contributed by atoms with Crippen LogP contribution in [-0.4, -0.2) is 25.0 Å². The normalized spacial score (nSPS) is 10.2. The van der Waals surface area contributed by atoms with Gasteiger partial charge in [-0.15, -0.1) is 0 Å². The minimum atomic E-state index is -0.154. The Bertz CT molecular complexity index is 616. The molecule has 1 N–H and O–H groups in total. The van der Waals surface area contributed by atoms with E-state index in [4.69, 9.17) is 11.6 Å². The second kappa shape index (κ2) is 6.39. The van der Waals surface area contributed by atoms with E-state index in [9.17, 15) is 4.79 Å². The Labute approximate surface area is 123 Å². The summed E-state index contributed by atoms with van der Waals surface area (Å²) in [4.78, 5) is 18.1. The predicted octanol–water partition coefficient (Wildman–Crippen LogP) is 2.73. The van der Waals surface area contributed by atoms with Crippen molar-refractivity contribution in [2.24, 2.45) is 0 Å². The van der Waals surface area contributed by atoms with E-state index in [-0.39, 0.29) is 5.91 Å². The SMILES string of the molecule is CNC(=O)c1cccnc1N(C)Cc1ccccc1Cl. The number of amides is 1. The highest BCUT2D eigenvalue weighted by molar-refractivity contribution is 6.31. The molecule has 1 amide bonds. The topological polar surface area (TPSA) is 45.2 Å². The summed E-state index contributed by atoms with van der Waals surface area (Å²) >= 11 is 6.16.